The third-order valence-electron chi connectivity index (χ3n) is 4.49. The van der Waals surface area contributed by atoms with Crippen LogP contribution < -0.4 is 9.62 Å². The van der Waals surface area contributed by atoms with Gasteiger partial charge in [-0.05, 0) is 37.1 Å². The molecule has 1 aromatic rings. The molecule has 0 unspecified atom stereocenters. The van der Waals surface area contributed by atoms with Crippen LogP contribution in [0, 0.1) is 0 Å². The molecule has 0 atom stereocenters. The Labute approximate surface area is 154 Å². The molecule has 0 aromatic heterocycles. The van der Waals surface area contributed by atoms with Crippen molar-refractivity contribution in [2.24, 2.45) is 0 Å². The maximum Gasteiger partial charge on any atom is 0.337 e. The Balaban J connectivity index is 2.01. The summed E-state index contributed by atoms with van der Waals surface area (Å²) in [6.45, 7) is 0.0506. The molecule has 1 N–H and O–H groups in total. The molecule has 0 saturated heterocycles. The number of nitrogens with one attached hydrogen (secondary N) is 1. The highest BCUT2D eigenvalue weighted by Gasteiger charge is 2.21. The van der Waals surface area contributed by atoms with Crippen LogP contribution >= 0.6 is 0 Å². The molecular weight excluding hydrogens is 356 g/mol. The van der Waals surface area contributed by atoms with Gasteiger partial charge in [0, 0.05) is 19.0 Å². The molecule has 1 saturated carbocycles. The Morgan fingerprint density at radius 2 is 1.77 bits per heavy atom. The summed E-state index contributed by atoms with van der Waals surface area (Å²) in [6.07, 6.45) is 6.59. The van der Waals surface area contributed by atoms with Crippen LogP contribution in [-0.2, 0) is 19.6 Å². The van der Waals surface area contributed by atoms with E-state index in [1.807, 2.05) is 0 Å². The van der Waals surface area contributed by atoms with Gasteiger partial charge in [-0.3, -0.25) is 9.10 Å². The van der Waals surface area contributed by atoms with E-state index in [0.29, 0.717) is 11.3 Å². The maximum atomic E-state index is 12.2. The maximum absolute atomic E-state index is 12.2. The lowest BCUT2D eigenvalue weighted by molar-refractivity contribution is -0.121. The Hall–Kier alpha value is -2.09. The molecule has 144 valence electrons. The zero-order valence-electron chi connectivity index (χ0n) is 15.2. The fraction of sp³-hybridized carbons (Fsp3) is 0.556. The average Bonchev–Trinajstić information content (AvgIpc) is 2.61. The fourth-order valence-corrected chi connectivity index (χ4v) is 4.05. The number of methoxy groups -OCH3 is 1. The van der Waals surface area contributed by atoms with Crippen molar-refractivity contribution in [1.29, 1.82) is 0 Å². The predicted octanol–water partition coefficient (Wildman–Crippen LogP) is 2.08. The van der Waals surface area contributed by atoms with Crippen molar-refractivity contribution in [3.8, 4) is 0 Å². The van der Waals surface area contributed by atoms with Crippen LogP contribution in [0.15, 0.2) is 24.3 Å². The lowest BCUT2D eigenvalue weighted by Crippen LogP contribution is -2.39. The van der Waals surface area contributed by atoms with Crippen molar-refractivity contribution in [1.82, 2.24) is 5.32 Å². The van der Waals surface area contributed by atoms with Crippen LogP contribution in [0.2, 0.25) is 0 Å². The Morgan fingerprint density at radius 1 is 1.15 bits per heavy atom. The second kappa shape index (κ2) is 9.02. The van der Waals surface area contributed by atoms with E-state index in [9.17, 15) is 18.0 Å². The molecule has 0 radical (unpaired) electrons. The monoisotopic (exact) mass is 382 g/mol. The van der Waals surface area contributed by atoms with Crippen LogP contribution in [0.5, 0.6) is 0 Å². The Kier molecular flexibility index (Phi) is 7.02. The summed E-state index contributed by atoms with van der Waals surface area (Å²) in [5.41, 5.74) is 0.741. The van der Waals surface area contributed by atoms with Gasteiger partial charge in [-0.2, -0.15) is 0 Å². The zero-order chi connectivity index (χ0) is 19.2. The molecule has 0 heterocycles. The molecule has 1 aliphatic carbocycles. The minimum atomic E-state index is -3.55. The summed E-state index contributed by atoms with van der Waals surface area (Å²) < 4.78 is 30.0. The van der Waals surface area contributed by atoms with Crippen molar-refractivity contribution in [3.05, 3.63) is 29.8 Å². The van der Waals surface area contributed by atoms with Gasteiger partial charge < -0.3 is 10.1 Å². The molecule has 1 aliphatic rings. The van der Waals surface area contributed by atoms with Crippen LogP contribution in [-0.4, -0.2) is 46.2 Å². The lowest BCUT2D eigenvalue weighted by atomic mass is 9.95. The first-order chi connectivity index (χ1) is 12.3. The predicted molar refractivity (Wildman–Crippen MR) is 99.6 cm³/mol. The standard InChI is InChI=1S/C18H26N2O5S/c1-25-18(22)14-8-10-16(11-9-14)20(26(2,23)24)13-12-17(21)19-15-6-4-3-5-7-15/h8-11,15H,3-7,12-13H2,1-2H3,(H,19,21). The second-order valence-electron chi connectivity index (χ2n) is 6.53. The largest absolute Gasteiger partial charge is 0.465 e. The summed E-state index contributed by atoms with van der Waals surface area (Å²) in [5.74, 6) is -0.633. The van der Waals surface area contributed by atoms with Crippen molar-refractivity contribution in [3.63, 3.8) is 0 Å². The molecule has 1 aromatic carbocycles. The molecule has 0 spiro atoms. The van der Waals surface area contributed by atoms with Crippen molar-refractivity contribution in [2.75, 3.05) is 24.2 Å². The topological polar surface area (TPSA) is 92.8 Å². The number of nitrogens with zero attached hydrogens (tertiary/aromatic N) is 1. The van der Waals surface area contributed by atoms with E-state index >= 15 is 0 Å². The molecule has 2 rings (SSSR count). The quantitative estimate of drug-likeness (QED) is 0.729. The third-order valence-corrected chi connectivity index (χ3v) is 5.68. The number of carbonyl (C=O) groups is 2. The van der Waals surface area contributed by atoms with Gasteiger partial charge in [0.15, 0.2) is 0 Å². The molecule has 26 heavy (non-hydrogen) atoms. The van der Waals surface area contributed by atoms with E-state index in [1.54, 1.807) is 0 Å². The van der Waals surface area contributed by atoms with Crippen LogP contribution in [0.3, 0.4) is 0 Å². The van der Waals surface area contributed by atoms with Crippen LogP contribution in [0.4, 0.5) is 5.69 Å². The number of sulfonamides is 1. The van der Waals surface area contributed by atoms with Crippen molar-refractivity contribution in [2.45, 2.75) is 44.6 Å². The number of ether oxygens (including phenoxy) is 1. The highest BCUT2D eigenvalue weighted by Crippen LogP contribution is 2.20. The lowest BCUT2D eigenvalue weighted by Gasteiger charge is -2.25. The zero-order valence-corrected chi connectivity index (χ0v) is 16.0. The summed E-state index contributed by atoms with van der Waals surface area (Å²) >= 11 is 0. The molecule has 0 aliphatic heterocycles. The molecular formula is C18H26N2O5S. The first-order valence-corrected chi connectivity index (χ1v) is 10.6. The smallest absolute Gasteiger partial charge is 0.337 e. The van der Waals surface area contributed by atoms with Gasteiger partial charge in [0.25, 0.3) is 0 Å². The van der Waals surface area contributed by atoms with Gasteiger partial charge in [0.2, 0.25) is 15.9 Å². The Morgan fingerprint density at radius 3 is 2.31 bits per heavy atom. The van der Waals surface area contributed by atoms with Gasteiger partial charge in [-0.25, -0.2) is 13.2 Å². The van der Waals surface area contributed by atoms with Crippen molar-refractivity contribution >= 4 is 27.6 Å². The summed E-state index contributed by atoms with van der Waals surface area (Å²) in [6, 6.07) is 6.27. The van der Waals surface area contributed by atoms with Crippen LogP contribution in [0.25, 0.3) is 0 Å². The van der Waals surface area contributed by atoms with Gasteiger partial charge in [0.1, 0.15) is 0 Å². The van der Waals surface area contributed by atoms with E-state index < -0.39 is 16.0 Å². The number of amides is 1. The van der Waals surface area contributed by atoms with E-state index in [-0.39, 0.29) is 24.9 Å². The normalized spacial score (nSPS) is 15.3. The summed E-state index contributed by atoms with van der Waals surface area (Å²) in [5, 5.41) is 2.99. The number of rotatable bonds is 7. The van der Waals surface area contributed by atoms with Gasteiger partial charge in [0.05, 0.1) is 24.6 Å². The average molecular weight is 382 g/mol. The number of anilines is 1. The SMILES string of the molecule is COC(=O)c1ccc(N(CCC(=O)NC2CCCCC2)S(C)(=O)=O)cc1. The molecule has 7 nitrogen and oxygen atoms in total. The number of carbonyl (C=O) groups excluding carboxylic acids is 2. The van der Waals surface area contributed by atoms with E-state index in [0.717, 1.165) is 31.9 Å². The van der Waals surface area contributed by atoms with Crippen LogP contribution in [0.1, 0.15) is 48.9 Å². The number of esters is 1. The summed E-state index contributed by atoms with van der Waals surface area (Å²) in [4.78, 5) is 23.7. The second-order valence-corrected chi connectivity index (χ2v) is 8.43. The Bertz CT molecular complexity index is 724. The van der Waals surface area contributed by atoms with E-state index in [2.05, 4.69) is 10.1 Å². The fourth-order valence-electron chi connectivity index (χ4n) is 3.12. The van der Waals surface area contributed by atoms with Crippen molar-refractivity contribution < 1.29 is 22.7 Å². The summed E-state index contributed by atoms with van der Waals surface area (Å²) in [7, 11) is -2.27. The molecule has 0 bridgehead atoms. The highest BCUT2D eigenvalue weighted by molar-refractivity contribution is 7.92. The highest BCUT2D eigenvalue weighted by atomic mass is 32.2. The molecule has 1 fully saturated rings. The van der Waals surface area contributed by atoms with Gasteiger partial charge in [-0.1, -0.05) is 19.3 Å². The minimum Gasteiger partial charge on any atom is -0.465 e. The number of hydrogen-bond acceptors (Lipinski definition) is 5. The van der Waals surface area contributed by atoms with Gasteiger partial charge in [-0.15, -0.1) is 0 Å². The molecule has 8 heteroatoms. The van der Waals surface area contributed by atoms with Gasteiger partial charge >= 0.3 is 5.97 Å². The first kappa shape index (κ1) is 20.2. The third kappa shape index (κ3) is 5.72. The van der Waals surface area contributed by atoms with E-state index in [1.165, 1.54) is 42.1 Å². The van der Waals surface area contributed by atoms with E-state index in [4.69, 9.17) is 0 Å². The first-order valence-electron chi connectivity index (χ1n) is 8.76. The minimum absolute atomic E-state index is 0.0506. The number of hydrogen-bond donors (Lipinski definition) is 1. The number of benzene rings is 1. The molecule has 1 amide bonds.